The SMILES string of the molecule is COC(=O)c1ccccc1NC(=O)CN1C[C@@H](C)O[C@H](C)C1. The van der Waals surface area contributed by atoms with E-state index in [1.54, 1.807) is 24.3 Å². The Morgan fingerprint density at radius 3 is 2.55 bits per heavy atom. The topological polar surface area (TPSA) is 67.9 Å². The number of rotatable bonds is 4. The van der Waals surface area contributed by atoms with Crippen LogP contribution in [0, 0.1) is 0 Å². The van der Waals surface area contributed by atoms with Crippen molar-refractivity contribution >= 4 is 17.6 Å². The molecule has 1 saturated heterocycles. The standard InChI is InChI=1S/C16H22N2O4/c1-11-8-18(9-12(2)22-11)10-15(19)17-14-7-5-4-6-13(14)16(20)21-3/h4-7,11-12H,8-10H2,1-3H3,(H,17,19)/t11-,12-/m1/s1. The monoisotopic (exact) mass is 306 g/mol. The quantitative estimate of drug-likeness (QED) is 0.854. The van der Waals surface area contributed by atoms with Crippen molar-refractivity contribution in [2.45, 2.75) is 26.1 Å². The van der Waals surface area contributed by atoms with Gasteiger partial charge in [0.1, 0.15) is 0 Å². The molecule has 6 nitrogen and oxygen atoms in total. The molecule has 1 N–H and O–H groups in total. The lowest BCUT2D eigenvalue weighted by Gasteiger charge is -2.34. The highest BCUT2D eigenvalue weighted by Crippen LogP contribution is 2.16. The first-order valence-corrected chi connectivity index (χ1v) is 7.34. The minimum Gasteiger partial charge on any atom is -0.465 e. The fourth-order valence-corrected chi connectivity index (χ4v) is 2.69. The lowest BCUT2D eigenvalue weighted by Crippen LogP contribution is -2.48. The van der Waals surface area contributed by atoms with Gasteiger partial charge in [-0.1, -0.05) is 12.1 Å². The molecule has 6 heteroatoms. The number of benzene rings is 1. The van der Waals surface area contributed by atoms with E-state index in [9.17, 15) is 9.59 Å². The number of anilines is 1. The van der Waals surface area contributed by atoms with E-state index in [2.05, 4.69) is 10.2 Å². The number of carbonyl (C=O) groups excluding carboxylic acids is 2. The van der Waals surface area contributed by atoms with Crippen LogP contribution in [-0.2, 0) is 14.3 Å². The van der Waals surface area contributed by atoms with Gasteiger partial charge in [0.15, 0.2) is 0 Å². The molecular formula is C16H22N2O4. The van der Waals surface area contributed by atoms with Gasteiger partial charge in [0, 0.05) is 13.1 Å². The molecular weight excluding hydrogens is 284 g/mol. The average molecular weight is 306 g/mol. The number of hydrogen-bond acceptors (Lipinski definition) is 5. The van der Waals surface area contributed by atoms with Crippen LogP contribution in [0.25, 0.3) is 0 Å². The Balaban J connectivity index is 1.99. The molecule has 22 heavy (non-hydrogen) atoms. The summed E-state index contributed by atoms with van der Waals surface area (Å²) >= 11 is 0. The van der Waals surface area contributed by atoms with Crippen molar-refractivity contribution in [2.24, 2.45) is 0 Å². The number of nitrogens with one attached hydrogen (secondary N) is 1. The summed E-state index contributed by atoms with van der Waals surface area (Å²) in [6.45, 7) is 5.70. The van der Waals surface area contributed by atoms with E-state index < -0.39 is 5.97 Å². The third-order valence-electron chi connectivity index (χ3n) is 3.47. The van der Waals surface area contributed by atoms with Crippen molar-refractivity contribution in [3.05, 3.63) is 29.8 Å². The lowest BCUT2D eigenvalue weighted by molar-refractivity contribution is -0.121. The van der Waals surface area contributed by atoms with Crippen LogP contribution in [0.1, 0.15) is 24.2 Å². The Morgan fingerprint density at radius 2 is 1.91 bits per heavy atom. The maximum Gasteiger partial charge on any atom is 0.339 e. The number of para-hydroxylation sites is 1. The highest BCUT2D eigenvalue weighted by Gasteiger charge is 2.24. The summed E-state index contributed by atoms with van der Waals surface area (Å²) < 4.78 is 10.4. The van der Waals surface area contributed by atoms with E-state index in [1.807, 2.05) is 13.8 Å². The van der Waals surface area contributed by atoms with Gasteiger partial charge in [-0.25, -0.2) is 4.79 Å². The van der Waals surface area contributed by atoms with Gasteiger partial charge in [0.2, 0.25) is 5.91 Å². The van der Waals surface area contributed by atoms with Crippen LogP contribution in [0.2, 0.25) is 0 Å². The molecule has 2 rings (SSSR count). The normalized spacial score (nSPS) is 22.1. The fourth-order valence-electron chi connectivity index (χ4n) is 2.69. The molecule has 1 aromatic carbocycles. The molecule has 120 valence electrons. The van der Waals surface area contributed by atoms with Gasteiger partial charge in [-0.05, 0) is 26.0 Å². The largest absolute Gasteiger partial charge is 0.465 e. The van der Waals surface area contributed by atoms with Crippen LogP contribution in [0.5, 0.6) is 0 Å². The zero-order valence-electron chi connectivity index (χ0n) is 13.2. The van der Waals surface area contributed by atoms with Crippen molar-refractivity contribution < 1.29 is 19.1 Å². The zero-order chi connectivity index (χ0) is 16.1. The molecule has 1 aliphatic rings. The number of ether oxygens (including phenoxy) is 2. The summed E-state index contributed by atoms with van der Waals surface area (Å²) in [6.07, 6.45) is 0.220. The maximum atomic E-state index is 12.2. The number of carbonyl (C=O) groups is 2. The van der Waals surface area contributed by atoms with Crippen LogP contribution in [0.3, 0.4) is 0 Å². The van der Waals surface area contributed by atoms with E-state index in [0.29, 0.717) is 11.3 Å². The van der Waals surface area contributed by atoms with Gasteiger partial charge in [-0.3, -0.25) is 9.69 Å². The van der Waals surface area contributed by atoms with E-state index in [4.69, 9.17) is 9.47 Å². The number of amides is 1. The fraction of sp³-hybridized carbons (Fsp3) is 0.500. The molecule has 0 spiro atoms. The maximum absolute atomic E-state index is 12.2. The molecule has 1 aromatic rings. The Hall–Kier alpha value is -1.92. The van der Waals surface area contributed by atoms with E-state index >= 15 is 0 Å². The predicted octanol–water partition coefficient (Wildman–Crippen LogP) is 1.52. The van der Waals surface area contributed by atoms with Crippen LogP contribution in [0.4, 0.5) is 5.69 Å². The zero-order valence-corrected chi connectivity index (χ0v) is 13.2. The second kappa shape index (κ2) is 7.38. The minimum atomic E-state index is -0.468. The Bertz CT molecular complexity index is 537. The summed E-state index contributed by atoms with van der Waals surface area (Å²) in [5.41, 5.74) is 0.816. The Kier molecular flexibility index (Phi) is 5.51. The molecule has 2 atom stereocenters. The summed E-state index contributed by atoms with van der Waals surface area (Å²) in [7, 11) is 1.32. The molecule has 0 aromatic heterocycles. The predicted molar refractivity (Wildman–Crippen MR) is 82.9 cm³/mol. The second-order valence-corrected chi connectivity index (χ2v) is 5.54. The highest BCUT2D eigenvalue weighted by molar-refractivity contribution is 6.01. The van der Waals surface area contributed by atoms with Gasteiger partial charge >= 0.3 is 5.97 Å². The van der Waals surface area contributed by atoms with E-state index in [-0.39, 0.29) is 24.7 Å². The molecule has 1 amide bonds. The van der Waals surface area contributed by atoms with Gasteiger partial charge < -0.3 is 14.8 Å². The number of esters is 1. The smallest absolute Gasteiger partial charge is 0.339 e. The summed E-state index contributed by atoms with van der Waals surface area (Å²) in [6, 6.07) is 6.81. The lowest BCUT2D eigenvalue weighted by atomic mass is 10.1. The van der Waals surface area contributed by atoms with Crippen molar-refractivity contribution in [3.8, 4) is 0 Å². The first-order chi connectivity index (χ1) is 10.5. The van der Waals surface area contributed by atoms with E-state index in [1.165, 1.54) is 7.11 Å². The first kappa shape index (κ1) is 16.5. The van der Waals surface area contributed by atoms with Crippen molar-refractivity contribution in [1.82, 2.24) is 4.90 Å². The van der Waals surface area contributed by atoms with Gasteiger partial charge in [-0.2, -0.15) is 0 Å². The number of nitrogens with zero attached hydrogens (tertiary/aromatic N) is 1. The second-order valence-electron chi connectivity index (χ2n) is 5.54. The average Bonchev–Trinajstić information content (AvgIpc) is 2.45. The third-order valence-corrected chi connectivity index (χ3v) is 3.47. The van der Waals surface area contributed by atoms with Crippen LogP contribution < -0.4 is 5.32 Å². The number of hydrogen-bond donors (Lipinski definition) is 1. The van der Waals surface area contributed by atoms with Crippen molar-refractivity contribution in [3.63, 3.8) is 0 Å². The Labute approximate surface area is 130 Å². The summed E-state index contributed by atoms with van der Waals surface area (Å²) in [4.78, 5) is 26.0. The third kappa shape index (κ3) is 4.29. The minimum absolute atomic E-state index is 0.110. The molecule has 0 aliphatic carbocycles. The van der Waals surface area contributed by atoms with Gasteiger partial charge in [-0.15, -0.1) is 0 Å². The number of morpholine rings is 1. The molecule has 0 unspecified atom stereocenters. The molecule has 0 bridgehead atoms. The van der Waals surface area contributed by atoms with Gasteiger partial charge in [0.05, 0.1) is 37.1 Å². The number of methoxy groups -OCH3 is 1. The molecule has 1 aliphatic heterocycles. The Morgan fingerprint density at radius 1 is 1.27 bits per heavy atom. The summed E-state index contributed by atoms with van der Waals surface area (Å²) in [5.74, 6) is -0.623. The van der Waals surface area contributed by atoms with E-state index in [0.717, 1.165) is 13.1 Å². The van der Waals surface area contributed by atoms with Crippen LogP contribution >= 0.6 is 0 Å². The van der Waals surface area contributed by atoms with Crippen LogP contribution in [0.15, 0.2) is 24.3 Å². The molecule has 0 radical (unpaired) electrons. The van der Waals surface area contributed by atoms with Crippen LogP contribution in [-0.4, -0.2) is 55.7 Å². The van der Waals surface area contributed by atoms with Crippen molar-refractivity contribution in [2.75, 3.05) is 32.1 Å². The highest BCUT2D eigenvalue weighted by atomic mass is 16.5. The van der Waals surface area contributed by atoms with Crippen molar-refractivity contribution in [1.29, 1.82) is 0 Å². The summed E-state index contributed by atoms with van der Waals surface area (Å²) in [5, 5.41) is 2.78. The molecule has 1 fully saturated rings. The first-order valence-electron chi connectivity index (χ1n) is 7.34. The van der Waals surface area contributed by atoms with Gasteiger partial charge in [0.25, 0.3) is 0 Å². The molecule has 0 saturated carbocycles. The molecule has 1 heterocycles.